The Hall–Kier alpha value is -2.21. The minimum Gasteiger partial charge on any atom is -0.477 e. The van der Waals surface area contributed by atoms with Crippen LogP contribution < -0.4 is 5.73 Å². The molecule has 9 aliphatic rings. The molecule has 9 saturated heterocycles. The topological polar surface area (TPSA) is 706 Å². The molecule has 9 fully saturated rings. The number of nitrogens with two attached hydrogens (primary N) is 1. The number of carboxylic acids is 1. The molecule has 0 amide bonds. The number of aliphatic carboxylic acids is 1. The van der Waals surface area contributed by atoms with E-state index in [2.05, 4.69) is 0 Å². The van der Waals surface area contributed by atoms with Gasteiger partial charge in [0.15, 0.2) is 44.0 Å². The molecule has 27 N–H and O–H groups in total. The largest absolute Gasteiger partial charge is 0.477 e. The predicted octanol–water partition coefficient (Wildman–Crippen LogP) is -15.3. The van der Waals surface area contributed by atoms with E-state index in [1.807, 2.05) is 0 Å². The maximum absolute atomic E-state index is 13.0. The molecule has 0 saturated carbocycles. The highest BCUT2D eigenvalue weighted by atomic mass is 16.8. The third-order valence-electron chi connectivity index (χ3n) is 21.5. The number of aliphatic hydroxyl groups excluding tert-OH is 24. The standard InChI is InChI=1S/C62H107NO43/c1-16-20(5)91-27(12-69)46(33(16)75)99-55-18(3)34(76)47(28(13-70)96-55)100-57-44(86)50(41(83)30(98-57)15-90-59-52(42(84)38(80)24(9-66)94-59)103-54-17(2)32(74)37(79)23(8-65)92-54)102-60-53(43(85)39(81)25(10-67)95-60)104-56-19(4)35(77)48(29(14-71)97-56)101-58-45(87)51(40(82)26(11-68)93-58)106-62(61(88)89)6-21(72)31(63)49(105-62)36(78)22(73)7-64/h16-60,64-87H,6-15,63H2,1-5H3,(H,88,89)/t16?,17?,18?,19-,20-,21+,22+,23-,24?,25+,26?,27?,28?,29?,30?,31+,32?,33+,34+,35?,36+,37+,38+,39+,40-,41+,42?,43?,44+,45-,46+,47+,48+,49?,50?,51?,52+,53?,54-,55-,56-,57-,58-,59-,60+,62-/m0/s1. The highest BCUT2D eigenvalue weighted by Crippen LogP contribution is 2.43. The van der Waals surface area contributed by atoms with Crippen molar-refractivity contribution in [1.29, 1.82) is 0 Å². The Bertz CT molecular complexity index is 2690. The maximum Gasteiger partial charge on any atom is 0.364 e. The summed E-state index contributed by atoms with van der Waals surface area (Å²) in [6.45, 7) is -1.41. The minimum atomic E-state index is -3.14. The van der Waals surface area contributed by atoms with Gasteiger partial charge in [0.1, 0.15) is 165 Å². The van der Waals surface area contributed by atoms with Crippen LogP contribution in [-0.2, 0) is 85.3 Å². The van der Waals surface area contributed by atoms with Crippen molar-refractivity contribution in [3.05, 3.63) is 0 Å². The number of carbonyl (C=O) groups is 1. The van der Waals surface area contributed by atoms with Gasteiger partial charge in [-0.25, -0.2) is 4.79 Å². The van der Waals surface area contributed by atoms with Crippen LogP contribution in [-0.4, -0.2) is 450 Å². The van der Waals surface area contributed by atoms with Gasteiger partial charge in [0.2, 0.25) is 0 Å². The summed E-state index contributed by atoms with van der Waals surface area (Å²) < 4.78 is 102. The van der Waals surface area contributed by atoms with Gasteiger partial charge in [0, 0.05) is 30.1 Å². The molecule has 9 aliphatic heterocycles. The van der Waals surface area contributed by atoms with Gasteiger partial charge in [-0.1, -0.05) is 27.7 Å². The van der Waals surface area contributed by atoms with Crippen LogP contribution in [0, 0.1) is 23.7 Å². The van der Waals surface area contributed by atoms with Gasteiger partial charge in [-0.05, 0) is 6.92 Å². The SMILES string of the molecule is CC1C(O)[C@H](O)[C@H](CO)O[C@H]1O[C@@H]1C(O)[C@H](O)C(CO)O[C@@H]1OCC1O[C@@H](O[C@@H]2C(CO)O[C@@H](O[C@@H]3C(CO)O[C@@H](C)C(C)[C@H]3O)C(C)[C@H]2O)[C@H](O)C(O[C@H]2O[C@H](CO)[C@@H](O)C(O)C2O[C@@H]2OC(CO)[C@@H](O[C@@H]3OC(CO)[C@H](O)C(O[C@]4(C(=O)O)C[C@@H](O)[C@@H](N)C([C@H](O)[C@H](O)CO)O4)[C@@H]3O)C(O)[C@@H]2C)[C@@H]1O. The van der Waals surface area contributed by atoms with Crippen LogP contribution in [0.15, 0.2) is 0 Å². The molecular formula is C62H107NO43. The number of hydrogen-bond acceptors (Lipinski definition) is 43. The summed E-state index contributed by atoms with van der Waals surface area (Å²) in [6, 6.07) is -1.63. The Kier molecular flexibility index (Phi) is 30.9. The third kappa shape index (κ3) is 18.0. The molecule has 44 heteroatoms. The van der Waals surface area contributed by atoms with Crippen LogP contribution in [0.1, 0.15) is 41.0 Å². The molecule has 0 spiro atoms. The Labute approximate surface area is 604 Å². The normalized spacial score (nSPS) is 51.9. The zero-order chi connectivity index (χ0) is 78.1. The highest BCUT2D eigenvalue weighted by molar-refractivity contribution is 5.76. The predicted molar refractivity (Wildman–Crippen MR) is 332 cm³/mol. The molecule has 46 atom stereocenters. The molecule has 0 radical (unpaired) electrons. The van der Waals surface area contributed by atoms with Crippen molar-refractivity contribution in [3.63, 3.8) is 0 Å². The maximum atomic E-state index is 13.0. The van der Waals surface area contributed by atoms with Gasteiger partial charge in [0.05, 0.1) is 102 Å². The first kappa shape index (κ1) is 87.8. The molecular weight excluding hydrogens is 1450 g/mol. The second-order valence-corrected chi connectivity index (χ2v) is 28.5. The smallest absolute Gasteiger partial charge is 0.364 e. The van der Waals surface area contributed by atoms with Gasteiger partial charge in [-0.3, -0.25) is 0 Å². The molecule has 106 heavy (non-hydrogen) atoms. The summed E-state index contributed by atoms with van der Waals surface area (Å²) in [5, 5.41) is 276. The Morgan fingerprint density at radius 2 is 0.736 bits per heavy atom. The Morgan fingerprint density at radius 3 is 1.21 bits per heavy atom. The lowest BCUT2D eigenvalue weighted by molar-refractivity contribution is -0.404. The fourth-order valence-electron chi connectivity index (χ4n) is 14.5. The first-order valence-corrected chi connectivity index (χ1v) is 35.0. The fourth-order valence-corrected chi connectivity index (χ4v) is 14.5. The third-order valence-corrected chi connectivity index (χ3v) is 21.5. The quantitative estimate of drug-likeness (QED) is 0.0346. The molecule has 0 bridgehead atoms. The van der Waals surface area contributed by atoms with Crippen molar-refractivity contribution in [1.82, 2.24) is 0 Å². The summed E-state index contributed by atoms with van der Waals surface area (Å²) >= 11 is 0. The van der Waals surface area contributed by atoms with E-state index < -0.39 is 353 Å². The van der Waals surface area contributed by atoms with Crippen molar-refractivity contribution in [3.8, 4) is 0 Å². The summed E-state index contributed by atoms with van der Waals surface area (Å²) in [5.41, 5.74) is 5.99. The van der Waals surface area contributed by atoms with E-state index in [-0.39, 0.29) is 0 Å². The van der Waals surface area contributed by atoms with Gasteiger partial charge in [-0.15, -0.1) is 0 Å². The van der Waals surface area contributed by atoms with E-state index in [0.717, 1.165) is 0 Å². The van der Waals surface area contributed by atoms with E-state index >= 15 is 0 Å². The second-order valence-electron chi connectivity index (χ2n) is 28.5. The molecule has 9 heterocycles. The number of carboxylic acid groups (broad SMARTS) is 1. The summed E-state index contributed by atoms with van der Waals surface area (Å²) in [5.74, 6) is -9.48. The van der Waals surface area contributed by atoms with Crippen LogP contribution >= 0.6 is 0 Å². The van der Waals surface area contributed by atoms with E-state index in [9.17, 15) is 132 Å². The monoisotopic (exact) mass is 1550 g/mol. The fraction of sp³-hybridized carbons (Fsp3) is 0.984. The van der Waals surface area contributed by atoms with Crippen LogP contribution in [0.25, 0.3) is 0 Å². The van der Waals surface area contributed by atoms with Gasteiger partial charge in [-0.2, -0.15) is 0 Å². The van der Waals surface area contributed by atoms with Crippen molar-refractivity contribution >= 4 is 5.97 Å². The number of ether oxygens (including phenoxy) is 17. The lowest BCUT2D eigenvalue weighted by Gasteiger charge is -2.51. The summed E-state index contributed by atoms with van der Waals surface area (Å²) in [6.07, 6.45) is -75.4. The zero-order valence-electron chi connectivity index (χ0n) is 58.2. The molecule has 0 aromatic heterocycles. The molecule has 0 aromatic rings. The molecule has 17 unspecified atom stereocenters. The van der Waals surface area contributed by atoms with Gasteiger partial charge >= 0.3 is 5.97 Å². The van der Waals surface area contributed by atoms with Crippen molar-refractivity contribution < 1.29 is 213 Å². The van der Waals surface area contributed by atoms with E-state index in [1.54, 1.807) is 13.8 Å². The molecule has 618 valence electrons. The van der Waals surface area contributed by atoms with Crippen LogP contribution in [0.4, 0.5) is 0 Å². The summed E-state index contributed by atoms with van der Waals surface area (Å²) in [4.78, 5) is 13.0. The van der Waals surface area contributed by atoms with Gasteiger partial charge in [0.25, 0.3) is 5.79 Å². The van der Waals surface area contributed by atoms with Crippen molar-refractivity contribution in [2.45, 2.75) is 298 Å². The van der Waals surface area contributed by atoms with Crippen LogP contribution in [0.5, 0.6) is 0 Å². The Morgan fingerprint density at radius 1 is 0.387 bits per heavy atom. The lowest BCUT2D eigenvalue weighted by atomic mass is 9.88. The van der Waals surface area contributed by atoms with E-state index in [1.165, 1.54) is 20.8 Å². The number of hydrogen-bond donors (Lipinski definition) is 26. The van der Waals surface area contributed by atoms with Crippen molar-refractivity contribution in [2.24, 2.45) is 29.4 Å². The molecule has 0 aliphatic carbocycles. The summed E-state index contributed by atoms with van der Waals surface area (Å²) in [7, 11) is 0. The van der Waals surface area contributed by atoms with Crippen LogP contribution in [0.3, 0.4) is 0 Å². The minimum absolute atomic E-state index is 0.532. The lowest BCUT2D eigenvalue weighted by Crippen LogP contribution is -2.70. The second kappa shape index (κ2) is 37.4. The number of aliphatic hydroxyl groups is 24. The van der Waals surface area contributed by atoms with E-state index in [0.29, 0.717) is 0 Å². The molecule has 0 aromatic carbocycles. The van der Waals surface area contributed by atoms with E-state index in [4.69, 9.17) is 86.3 Å². The molecule has 44 nitrogen and oxygen atoms in total. The highest BCUT2D eigenvalue weighted by Gasteiger charge is 2.62. The number of rotatable bonds is 28. The zero-order valence-corrected chi connectivity index (χ0v) is 58.2. The molecule has 9 rings (SSSR count). The van der Waals surface area contributed by atoms with Crippen LogP contribution in [0.2, 0.25) is 0 Å². The first-order chi connectivity index (χ1) is 50.1. The Balaban J connectivity index is 0.981. The average Bonchev–Trinajstić information content (AvgIpc) is 0.778. The van der Waals surface area contributed by atoms with Crippen molar-refractivity contribution in [2.75, 3.05) is 59.5 Å². The first-order valence-electron chi connectivity index (χ1n) is 35.0. The average molecular weight is 1550 g/mol. The van der Waals surface area contributed by atoms with Gasteiger partial charge < -0.3 is 214 Å².